The van der Waals surface area contributed by atoms with Crippen molar-refractivity contribution in [2.45, 2.75) is 32.0 Å². The number of aryl methyl sites for hydroxylation is 1. The van der Waals surface area contributed by atoms with Gasteiger partial charge in [0.1, 0.15) is 5.75 Å². The van der Waals surface area contributed by atoms with Gasteiger partial charge in [0, 0.05) is 25.7 Å². The predicted molar refractivity (Wildman–Crippen MR) is 76.6 cm³/mol. The quantitative estimate of drug-likeness (QED) is 0.850. The van der Waals surface area contributed by atoms with Gasteiger partial charge >= 0.3 is 0 Å². The van der Waals surface area contributed by atoms with Crippen LogP contribution in [0.1, 0.15) is 17.5 Å². The molecule has 1 heterocycles. The topological polar surface area (TPSA) is 61.8 Å². The Labute approximate surface area is 119 Å². The Morgan fingerprint density at radius 1 is 1.55 bits per heavy atom. The van der Waals surface area contributed by atoms with Crippen molar-refractivity contribution < 1.29 is 14.6 Å². The summed E-state index contributed by atoms with van der Waals surface area (Å²) in [6.45, 7) is 3.00. The molecule has 2 rings (SSSR count). The van der Waals surface area contributed by atoms with Gasteiger partial charge in [-0.2, -0.15) is 0 Å². The molecule has 0 aromatic heterocycles. The molecule has 1 aromatic carbocycles. The molecule has 0 saturated carbocycles. The standard InChI is InChI=1S/C15H22N2O3/c1-10-4-5-14(20-3)11(6-10)9-17(2)15(19)13-7-12(18)8-16-13/h4-6,12-13,16,18H,7-9H2,1-3H3. The van der Waals surface area contributed by atoms with E-state index >= 15 is 0 Å². The number of nitrogens with zero attached hydrogens (tertiary/aromatic N) is 1. The van der Waals surface area contributed by atoms with E-state index in [1.165, 1.54) is 0 Å². The molecule has 1 saturated heterocycles. The van der Waals surface area contributed by atoms with E-state index in [0.29, 0.717) is 19.5 Å². The average molecular weight is 278 g/mol. The van der Waals surface area contributed by atoms with Crippen LogP contribution < -0.4 is 10.1 Å². The van der Waals surface area contributed by atoms with Gasteiger partial charge in [0.25, 0.3) is 0 Å². The van der Waals surface area contributed by atoms with Crippen LogP contribution in [0.2, 0.25) is 0 Å². The number of carbonyl (C=O) groups excluding carboxylic acids is 1. The van der Waals surface area contributed by atoms with Gasteiger partial charge in [0.05, 0.1) is 19.3 Å². The molecule has 5 nitrogen and oxygen atoms in total. The van der Waals surface area contributed by atoms with Crippen molar-refractivity contribution >= 4 is 5.91 Å². The fourth-order valence-electron chi connectivity index (χ4n) is 2.54. The third-order valence-corrected chi connectivity index (χ3v) is 3.63. The van der Waals surface area contributed by atoms with E-state index in [2.05, 4.69) is 5.32 Å². The average Bonchev–Trinajstić information content (AvgIpc) is 2.84. The maximum Gasteiger partial charge on any atom is 0.239 e. The minimum Gasteiger partial charge on any atom is -0.496 e. The fourth-order valence-corrected chi connectivity index (χ4v) is 2.54. The van der Waals surface area contributed by atoms with Gasteiger partial charge in [-0.15, -0.1) is 0 Å². The number of hydrogen-bond acceptors (Lipinski definition) is 4. The maximum atomic E-state index is 12.3. The smallest absolute Gasteiger partial charge is 0.239 e. The normalized spacial score (nSPS) is 21.8. The van der Waals surface area contributed by atoms with Crippen LogP contribution in [0.5, 0.6) is 5.75 Å². The molecule has 0 aliphatic carbocycles. The van der Waals surface area contributed by atoms with Crippen LogP contribution in [0.4, 0.5) is 0 Å². The van der Waals surface area contributed by atoms with E-state index in [9.17, 15) is 9.90 Å². The summed E-state index contributed by atoms with van der Waals surface area (Å²) in [5.41, 5.74) is 2.12. The summed E-state index contributed by atoms with van der Waals surface area (Å²) in [5, 5.41) is 12.5. The first-order valence-electron chi connectivity index (χ1n) is 6.81. The number of hydrogen-bond donors (Lipinski definition) is 2. The summed E-state index contributed by atoms with van der Waals surface area (Å²) >= 11 is 0. The summed E-state index contributed by atoms with van der Waals surface area (Å²) in [6, 6.07) is 5.64. The molecule has 1 aromatic rings. The van der Waals surface area contributed by atoms with Gasteiger partial charge in [-0.3, -0.25) is 4.79 Å². The van der Waals surface area contributed by atoms with Gasteiger partial charge in [-0.05, 0) is 19.4 Å². The highest BCUT2D eigenvalue weighted by molar-refractivity contribution is 5.82. The summed E-state index contributed by atoms with van der Waals surface area (Å²) in [5.74, 6) is 0.791. The second kappa shape index (κ2) is 6.24. The van der Waals surface area contributed by atoms with Crippen LogP contribution in [-0.4, -0.2) is 48.8 Å². The largest absolute Gasteiger partial charge is 0.496 e. The van der Waals surface area contributed by atoms with Crippen LogP contribution in [0.3, 0.4) is 0 Å². The van der Waals surface area contributed by atoms with Crippen molar-refractivity contribution in [1.82, 2.24) is 10.2 Å². The van der Waals surface area contributed by atoms with Gasteiger partial charge in [-0.1, -0.05) is 17.7 Å². The molecule has 1 aliphatic rings. The Bertz CT molecular complexity index is 490. The zero-order chi connectivity index (χ0) is 14.7. The molecular weight excluding hydrogens is 256 g/mol. The number of nitrogens with one attached hydrogen (secondary N) is 1. The van der Waals surface area contributed by atoms with Crippen LogP contribution in [0.25, 0.3) is 0 Å². The van der Waals surface area contributed by atoms with E-state index in [4.69, 9.17) is 4.74 Å². The molecule has 2 unspecified atom stereocenters. The first kappa shape index (κ1) is 14.8. The number of aliphatic hydroxyl groups is 1. The summed E-state index contributed by atoms with van der Waals surface area (Å²) in [6.07, 6.45) is 0.0551. The third-order valence-electron chi connectivity index (χ3n) is 3.63. The Morgan fingerprint density at radius 3 is 2.90 bits per heavy atom. The third kappa shape index (κ3) is 3.29. The number of carbonyl (C=O) groups is 1. The number of amides is 1. The second-order valence-electron chi connectivity index (χ2n) is 5.36. The molecule has 1 aliphatic heterocycles. The predicted octanol–water partition coefficient (Wildman–Crippen LogP) is 0.685. The Morgan fingerprint density at radius 2 is 2.30 bits per heavy atom. The van der Waals surface area contributed by atoms with E-state index < -0.39 is 6.10 Å². The SMILES string of the molecule is COc1ccc(C)cc1CN(C)C(=O)C1CC(O)CN1. The number of β-amino-alcohol motifs (C(OH)–C–C–N with tert-alkyl or cyclic N) is 1. The van der Waals surface area contributed by atoms with Crippen LogP contribution in [-0.2, 0) is 11.3 Å². The van der Waals surface area contributed by atoms with Gasteiger partial charge in [0.2, 0.25) is 5.91 Å². The lowest BCUT2D eigenvalue weighted by Gasteiger charge is -2.22. The fraction of sp³-hybridized carbons (Fsp3) is 0.533. The molecule has 1 amide bonds. The van der Waals surface area contributed by atoms with Gasteiger partial charge < -0.3 is 20.1 Å². The summed E-state index contributed by atoms with van der Waals surface area (Å²) < 4.78 is 5.33. The first-order chi connectivity index (χ1) is 9.51. The van der Waals surface area contributed by atoms with Crippen molar-refractivity contribution in [1.29, 1.82) is 0 Å². The monoisotopic (exact) mass is 278 g/mol. The number of aliphatic hydroxyl groups excluding tert-OH is 1. The molecule has 20 heavy (non-hydrogen) atoms. The van der Waals surface area contributed by atoms with Crippen molar-refractivity contribution in [2.24, 2.45) is 0 Å². The van der Waals surface area contributed by atoms with Crippen LogP contribution >= 0.6 is 0 Å². The summed E-state index contributed by atoms with van der Waals surface area (Å²) in [4.78, 5) is 14.0. The van der Waals surface area contributed by atoms with Crippen molar-refractivity contribution in [2.75, 3.05) is 20.7 Å². The lowest BCUT2D eigenvalue weighted by atomic mass is 10.1. The number of ether oxygens (including phenoxy) is 1. The molecule has 5 heteroatoms. The molecule has 2 atom stereocenters. The number of benzene rings is 1. The first-order valence-corrected chi connectivity index (χ1v) is 6.81. The van der Waals surface area contributed by atoms with Crippen molar-refractivity contribution in [3.8, 4) is 5.75 Å². The Balaban J connectivity index is 2.05. The zero-order valence-electron chi connectivity index (χ0n) is 12.2. The Hall–Kier alpha value is -1.59. The van der Waals surface area contributed by atoms with E-state index in [0.717, 1.165) is 16.9 Å². The number of rotatable bonds is 4. The zero-order valence-corrected chi connectivity index (χ0v) is 12.2. The van der Waals surface area contributed by atoms with E-state index in [-0.39, 0.29) is 11.9 Å². The summed E-state index contributed by atoms with van der Waals surface area (Å²) in [7, 11) is 3.40. The highest BCUT2D eigenvalue weighted by atomic mass is 16.5. The highest BCUT2D eigenvalue weighted by Crippen LogP contribution is 2.21. The van der Waals surface area contributed by atoms with E-state index in [1.807, 2.05) is 25.1 Å². The molecule has 0 bridgehead atoms. The molecular formula is C15H22N2O3. The van der Waals surface area contributed by atoms with E-state index in [1.54, 1.807) is 19.1 Å². The van der Waals surface area contributed by atoms with Crippen LogP contribution in [0, 0.1) is 6.92 Å². The maximum absolute atomic E-state index is 12.3. The minimum absolute atomic E-state index is 0.00473. The van der Waals surface area contributed by atoms with Crippen LogP contribution in [0.15, 0.2) is 18.2 Å². The lowest BCUT2D eigenvalue weighted by molar-refractivity contribution is -0.132. The molecule has 1 fully saturated rings. The number of methoxy groups -OCH3 is 1. The molecule has 110 valence electrons. The second-order valence-corrected chi connectivity index (χ2v) is 5.36. The van der Waals surface area contributed by atoms with Crippen molar-refractivity contribution in [3.63, 3.8) is 0 Å². The van der Waals surface area contributed by atoms with Gasteiger partial charge in [0.15, 0.2) is 0 Å². The van der Waals surface area contributed by atoms with Crippen molar-refractivity contribution in [3.05, 3.63) is 29.3 Å². The highest BCUT2D eigenvalue weighted by Gasteiger charge is 2.30. The number of likely N-dealkylation sites (N-methyl/N-ethyl adjacent to an activating group) is 1. The minimum atomic E-state index is -0.425. The molecule has 0 spiro atoms. The molecule has 2 N–H and O–H groups in total. The Kier molecular flexibility index (Phi) is 4.62. The van der Waals surface area contributed by atoms with Gasteiger partial charge in [-0.25, -0.2) is 0 Å². The lowest BCUT2D eigenvalue weighted by Crippen LogP contribution is -2.41. The molecule has 0 radical (unpaired) electrons.